The number of aromatic nitrogens is 4. The van der Waals surface area contributed by atoms with Gasteiger partial charge in [0.05, 0.1) is 25.9 Å². The topological polar surface area (TPSA) is 87.2 Å². The van der Waals surface area contributed by atoms with Crippen molar-refractivity contribution in [1.29, 1.82) is 0 Å². The first-order valence-electron chi connectivity index (χ1n) is 4.55. The molecule has 0 radical (unpaired) electrons. The van der Waals surface area contributed by atoms with E-state index < -0.39 is 6.10 Å². The summed E-state index contributed by atoms with van der Waals surface area (Å²) in [5.41, 5.74) is 0. The lowest BCUT2D eigenvalue weighted by Gasteiger charge is -2.18. The van der Waals surface area contributed by atoms with E-state index in [1.807, 2.05) is 4.90 Å². The summed E-state index contributed by atoms with van der Waals surface area (Å²) in [6, 6.07) is 0. The summed E-state index contributed by atoms with van der Waals surface area (Å²) < 4.78 is 5.20. The van der Waals surface area contributed by atoms with E-state index in [4.69, 9.17) is 4.74 Å². The number of nitrogens with zero attached hydrogens (tertiary/aromatic N) is 4. The van der Waals surface area contributed by atoms with Crippen molar-refractivity contribution in [3.63, 3.8) is 0 Å². The SMILES string of the molecule is OC1COCCN(Cc2nn[nH]n2)C1. The van der Waals surface area contributed by atoms with E-state index >= 15 is 0 Å². The highest BCUT2D eigenvalue weighted by molar-refractivity contribution is 4.78. The van der Waals surface area contributed by atoms with Crippen molar-refractivity contribution in [2.24, 2.45) is 0 Å². The van der Waals surface area contributed by atoms with E-state index in [0.29, 0.717) is 32.1 Å². The highest BCUT2D eigenvalue weighted by atomic mass is 16.5. The van der Waals surface area contributed by atoms with E-state index in [1.54, 1.807) is 0 Å². The second kappa shape index (κ2) is 4.45. The Morgan fingerprint density at radius 3 is 3.36 bits per heavy atom. The van der Waals surface area contributed by atoms with E-state index in [2.05, 4.69) is 20.6 Å². The maximum Gasteiger partial charge on any atom is 0.188 e. The van der Waals surface area contributed by atoms with E-state index in [1.165, 1.54) is 0 Å². The molecule has 2 N–H and O–H groups in total. The Morgan fingerprint density at radius 1 is 1.64 bits per heavy atom. The molecule has 1 aliphatic heterocycles. The molecular weight excluding hydrogens is 186 g/mol. The van der Waals surface area contributed by atoms with Crippen LogP contribution in [0.15, 0.2) is 0 Å². The lowest BCUT2D eigenvalue weighted by molar-refractivity contribution is 0.0561. The van der Waals surface area contributed by atoms with Crippen LogP contribution >= 0.6 is 0 Å². The molecule has 7 nitrogen and oxygen atoms in total. The molecule has 78 valence electrons. The molecule has 1 fully saturated rings. The van der Waals surface area contributed by atoms with Gasteiger partial charge in [0.1, 0.15) is 0 Å². The summed E-state index contributed by atoms with van der Waals surface area (Å²) in [7, 11) is 0. The molecule has 0 aliphatic carbocycles. The first kappa shape index (κ1) is 9.50. The van der Waals surface area contributed by atoms with Gasteiger partial charge in [0.25, 0.3) is 0 Å². The van der Waals surface area contributed by atoms with Gasteiger partial charge in [0, 0.05) is 13.1 Å². The number of rotatable bonds is 2. The Bertz CT molecular complexity index is 265. The van der Waals surface area contributed by atoms with Crippen molar-refractivity contribution in [2.45, 2.75) is 12.6 Å². The number of hydrogen-bond donors (Lipinski definition) is 2. The molecule has 1 aromatic heterocycles. The molecule has 1 unspecified atom stereocenters. The predicted octanol–water partition coefficient (Wildman–Crippen LogP) is -1.61. The number of β-amino-alcohol motifs (C(OH)–C–C–N with tert-alkyl or cyclic N) is 1. The number of tetrazole rings is 1. The summed E-state index contributed by atoms with van der Waals surface area (Å²) in [6.45, 7) is 3.01. The van der Waals surface area contributed by atoms with Crippen LogP contribution in [-0.2, 0) is 11.3 Å². The average Bonchev–Trinajstić information content (AvgIpc) is 2.56. The molecule has 1 saturated heterocycles. The Morgan fingerprint density at radius 2 is 2.57 bits per heavy atom. The van der Waals surface area contributed by atoms with Crippen LogP contribution in [0.1, 0.15) is 5.82 Å². The molecule has 0 bridgehead atoms. The molecule has 2 heterocycles. The fraction of sp³-hybridized carbons (Fsp3) is 0.857. The maximum atomic E-state index is 9.46. The zero-order valence-electron chi connectivity index (χ0n) is 7.76. The van der Waals surface area contributed by atoms with Gasteiger partial charge < -0.3 is 9.84 Å². The van der Waals surface area contributed by atoms with Gasteiger partial charge in [-0.3, -0.25) is 4.90 Å². The number of hydrogen-bond acceptors (Lipinski definition) is 6. The van der Waals surface area contributed by atoms with Crippen molar-refractivity contribution in [3.05, 3.63) is 5.82 Å². The zero-order chi connectivity index (χ0) is 9.80. The Balaban J connectivity index is 1.90. The van der Waals surface area contributed by atoms with Crippen molar-refractivity contribution < 1.29 is 9.84 Å². The molecule has 1 atom stereocenters. The molecule has 0 amide bonds. The first-order chi connectivity index (χ1) is 6.84. The van der Waals surface area contributed by atoms with Gasteiger partial charge in [-0.25, -0.2) is 0 Å². The van der Waals surface area contributed by atoms with Gasteiger partial charge in [-0.05, 0) is 0 Å². The zero-order valence-corrected chi connectivity index (χ0v) is 7.76. The predicted molar refractivity (Wildman–Crippen MR) is 46.3 cm³/mol. The normalized spacial score (nSPS) is 24.8. The second-order valence-corrected chi connectivity index (χ2v) is 3.29. The summed E-state index contributed by atoms with van der Waals surface area (Å²) in [6.07, 6.45) is -0.426. The monoisotopic (exact) mass is 199 g/mol. The molecule has 0 saturated carbocycles. The van der Waals surface area contributed by atoms with Crippen LogP contribution in [0, 0.1) is 0 Å². The number of nitrogens with one attached hydrogen (secondary N) is 1. The summed E-state index contributed by atoms with van der Waals surface area (Å²) in [5.74, 6) is 0.638. The summed E-state index contributed by atoms with van der Waals surface area (Å²) in [4.78, 5) is 2.04. The van der Waals surface area contributed by atoms with Gasteiger partial charge in [-0.2, -0.15) is 5.21 Å². The second-order valence-electron chi connectivity index (χ2n) is 3.29. The van der Waals surface area contributed by atoms with E-state index in [-0.39, 0.29) is 0 Å². The molecule has 0 aromatic carbocycles. The Labute approximate surface area is 81.1 Å². The molecule has 0 spiro atoms. The highest BCUT2D eigenvalue weighted by Gasteiger charge is 2.17. The van der Waals surface area contributed by atoms with E-state index in [0.717, 1.165) is 6.54 Å². The molecular formula is C7H13N5O2. The standard InChI is InChI=1S/C7H13N5O2/c13-6-3-12(1-2-14-5-6)4-7-8-10-11-9-7/h6,13H,1-5H2,(H,8,9,10,11). The third kappa shape index (κ3) is 2.47. The van der Waals surface area contributed by atoms with Crippen LogP contribution in [0.2, 0.25) is 0 Å². The smallest absolute Gasteiger partial charge is 0.188 e. The first-order valence-corrected chi connectivity index (χ1v) is 4.55. The fourth-order valence-corrected chi connectivity index (χ4v) is 1.45. The van der Waals surface area contributed by atoms with Gasteiger partial charge in [0.2, 0.25) is 0 Å². The largest absolute Gasteiger partial charge is 0.389 e. The maximum absolute atomic E-state index is 9.46. The lowest BCUT2D eigenvalue weighted by Crippen LogP contribution is -2.32. The van der Waals surface area contributed by atoms with Crippen LogP contribution in [-0.4, -0.2) is 63.0 Å². The number of aromatic amines is 1. The van der Waals surface area contributed by atoms with Gasteiger partial charge in [0.15, 0.2) is 5.82 Å². The molecule has 7 heteroatoms. The average molecular weight is 199 g/mol. The number of aliphatic hydroxyl groups excluding tert-OH is 1. The van der Waals surface area contributed by atoms with Crippen LogP contribution in [0.5, 0.6) is 0 Å². The van der Waals surface area contributed by atoms with E-state index in [9.17, 15) is 5.11 Å². The molecule has 1 aromatic rings. The van der Waals surface area contributed by atoms with Crippen LogP contribution < -0.4 is 0 Å². The number of ether oxygens (including phenoxy) is 1. The van der Waals surface area contributed by atoms with Crippen LogP contribution in [0.25, 0.3) is 0 Å². The molecule has 1 aliphatic rings. The van der Waals surface area contributed by atoms with Gasteiger partial charge in [-0.15, -0.1) is 10.2 Å². The number of H-pyrrole nitrogens is 1. The number of aliphatic hydroxyl groups is 1. The Hall–Kier alpha value is -1.05. The minimum absolute atomic E-state index is 0.406. The quantitative estimate of drug-likeness (QED) is 0.596. The van der Waals surface area contributed by atoms with Crippen molar-refractivity contribution >= 4 is 0 Å². The highest BCUT2D eigenvalue weighted by Crippen LogP contribution is 2.03. The van der Waals surface area contributed by atoms with Crippen LogP contribution in [0.3, 0.4) is 0 Å². The van der Waals surface area contributed by atoms with Crippen molar-refractivity contribution in [2.75, 3.05) is 26.3 Å². The third-order valence-corrected chi connectivity index (χ3v) is 2.09. The fourth-order valence-electron chi connectivity index (χ4n) is 1.45. The summed E-state index contributed by atoms with van der Waals surface area (Å²) >= 11 is 0. The van der Waals surface area contributed by atoms with Gasteiger partial charge >= 0.3 is 0 Å². The van der Waals surface area contributed by atoms with Crippen LogP contribution in [0.4, 0.5) is 0 Å². The third-order valence-electron chi connectivity index (χ3n) is 2.09. The van der Waals surface area contributed by atoms with Crippen molar-refractivity contribution in [1.82, 2.24) is 25.5 Å². The van der Waals surface area contributed by atoms with Crippen molar-refractivity contribution in [3.8, 4) is 0 Å². The lowest BCUT2D eigenvalue weighted by atomic mass is 10.3. The minimum atomic E-state index is -0.426. The molecule has 14 heavy (non-hydrogen) atoms. The summed E-state index contributed by atoms with van der Waals surface area (Å²) in [5, 5.41) is 23.0. The van der Waals surface area contributed by atoms with Gasteiger partial charge in [-0.1, -0.05) is 5.21 Å². The minimum Gasteiger partial charge on any atom is -0.389 e. The Kier molecular flexibility index (Phi) is 3.02. The molecule has 2 rings (SSSR count).